The Balaban J connectivity index is 1.84. The number of nitrogens with one attached hydrogen (secondary N) is 2. The van der Waals surface area contributed by atoms with Crippen LogP contribution in [0.4, 0.5) is 0 Å². The van der Waals surface area contributed by atoms with Gasteiger partial charge in [-0.2, -0.15) is 5.21 Å². The fourth-order valence-electron chi connectivity index (χ4n) is 1.84. The Hall–Kier alpha value is -2.64. The van der Waals surface area contributed by atoms with Gasteiger partial charge >= 0.3 is 0 Å². The molecule has 1 aromatic carbocycles. The normalized spacial score (nSPS) is 10.2. The van der Waals surface area contributed by atoms with Crippen molar-refractivity contribution >= 4 is 5.91 Å². The van der Waals surface area contributed by atoms with E-state index in [1.807, 2.05) is 6.07 Å². The number of aromatic nitrogens is 4. The molecule has 8 heteroatoms. The number of H-pyrrole nitrogens is 1. The van der Waals surface area contributed by atoms with Gasteiger partial charge in [-0.15, -0.1) is 10.2 Å². The highest BCUT2D eigenvalue weighted by molar-refractivity contribution is 5.78. The van der Waals surface area contributed by atoms with E-state index >= 15 is 0 Å². The van der Waals surface area contributed by atoms with Gasteiger partial charge in [-0.25, -0.2) is 0 Å². The monoisotopic (exact) mass is 291 g/mol. The average Bonchev–Trinajstić information content (AvgIpc) is 3.00. The van der Waals surface area contributed by atoms with Crippen molar-refractivity contribution in [2.24, 2.45) is 0 Å². The van der Waals surface area contributed by atoms with Gasteiger partial charge in [0, 0.05) is 13.0 Å². The number of hydrogen-bond donors (Lipinski definition) is 2. The van der Waals surface area contributed by atoms with Crippen molar-refractivity contribution in [1.29, 1.82) is 0 Å². The van der Waals surface area contributed by atoms with Crippen LogP contribution in [0.25, 0.3) is 0 Å². The molecular weight excluding hydrogens is 274 g/mol. The van der Waals surface area contributed by atoms with E-state index in [1.165, 1.54) is 0 Å². The first-order valence-corrected chi connectivity index (χ1v) is 6.43. The molecule has 1 aromatic heterocycles. The molecule has 0 aliphatic rings. The molecule has 0 spiro atoms. The Bertz CT molecular complexity index is 585. The van der Waals surface area contributed by atoms with Crippen LogP contribution in [-0.2, 0) is 17.6 Å². The number of amides is 1. The van der Waals surface area contributed by atoms with E-state index in [0.29, 0.717) is 30.3 Å². The van der Waals surface area contributed by atoms with Crippen LogP contribution >= 0.6 is 0 Å². The molecule has 2 rings (SSSR count). The van der Waals surface area contributed by atoms with Gasteiger partial charge in [-0.05, 0) is 17.7 Å². The summed E-state index contributed by atoms with van der Waals surface area (Å²) in [5, 5.41) is 16.2. The van der Waals surface area contributed by atoms with E-state index in [4.69, 9.17) is 9.47 Å². The van der Waals surface area contributed by atoms with Crippen LogP contribution in [0.3, 0.4) is 0 Å². The third-order valence-corrected chi connectivity index (χ3v) is 2.87. The first-order chi connectivity index (χ1) is 10.2. The summed E-state index contributed by atoms with van der Waals surface area (Å²) >= 11 is 0. The fourth-order valence-corrected chi connectivity index (χ4v) is 1.84. The number of carbonyl (C=O) groups is 1. The molecule has 0 saturated heterocycles. The standard InChI is InChI=1S/C13H17N5O3/c1-20-10-4-3-9(7-11(10)21-2)8-13(19)14-6-5-12-15-17-18-16-12/h3-4,7H,5-6,8H2,1-2H3,(H,14,19)(H,15,16,17,18). The summed E-state index contributed by atoms with van der Waals surface area (Å²) in [6.07, 6.45) is 0.806. The molecule has 8 nitrogen and oxygen atoms in total. The van der Waals surface area contributed by atoms with Crippen LogP contribution in [0.15, 0.2) is 18.2 Å². The van der Waals surface area contributed by atoms with Gasteiger partial charge < -0.3 is 14.8 Å². The van der Waals surface area contributed by atoms with Gasteiger partial charge in [0.15, 0.2) is 17.3 Å². The lowest BCUT2D eigenvalue weighted by Gasteiger charge is -2.09. The van der Waals surface area contributed by atoms with E-state index < -0.39 is 0 Å². The third-order valence-electron chi connectivity index (χ3n) is 2.87. The van der Waals surface area contributed by atoms with Crippen LogP contribution in [0, 0.1) is 0 Å². The second-order valence-electron chi connectivity index (χ2n) is 4.29. The van der Waals surface area contributed by atoms with Gasteiger partial charge in [0.1, 0.15) is 0 Å². The van der Waals surface area contributed by atoms with Crippen LogP contribution < -0.4 is 14.8 Å². The lowest BCUT2D eigenvalue weighted by molar-refractivity contribution is -0.120. The van der Waals surface area contributed by atoms with Crippen LogP contribution in [0.5, 0.6) is 11.5 Å². The van der Waals surface area contributed by atoms with Gasteiger partial charge in [0.05, 0.1) is 20.6 Å². The van der Waals surface area contributed by atoms with Crippen molar-refractivity contribution in [2.45, 2.75) is 12.8 Å². The second-order valence-corrected chi connectivity index (χ2v) is 4.29. The second kappa shape index (κ2) is 7.22. The topological polar surface area (TPSA) is 102 Å². The van der Waals surface area contributed by atoms with Gasteiger partial charge in [0.25, 0.3) is 0 Å². The number of ether oxygens (including phenoxy) is 2. The maximum absolute atomic E-state index is 11.8. The van der Waals surface area contributed by atoms with Gasteiger partial charge in [-0.1, -0.05) is 11.3 Å². The Morgan fingerprint density at radius 3 is 2.76 bits per heavy atom. The van der Waals surface area contributed by atoms with Crippen molar-refractivity contribution in [1.82, 2.24) is 25.9 Å². The lowest BCUT2D eigenvalue weighted by atomic mass is 10.1. The number of methoxy groups -OCH3 is 2. The Kier molecular flexibility index (Phi) is 5.08. The van der Waals surface area contributed by atoms with Crippen molar-refractivity contribution in [2.75, 3.05) is 20.8 Å². The van der Waals surface area contributed by atoms with Gasteiger partial charge in [0.2, 0.25) is 5.91 Å². The molecule has 2 aromatic rings. The summed E-state index contributed by atoms with van der Waals surface area (Å²) in [7, 11) is 3.13. The summed E-state index contributed by atoms with van der Waals surface area (Å²) in [5.74, 6) is 1.74. The quantitative estimate of drug-likeness (QED) is 0.751. The first kappa shape index (κ1) is 14.8. The zero-order chi connectivity index (χ0) is 15.1. The maximum atomic E-state index is 11.8. The molecule has 0 radical (unpaired) electrons. The van der Waals surface area contributed by atoms with Crippen molar-refractivity contribution in [3.05, 3.63) is 29.6 Å². The SMILES string of the molecule is COc1ccc(CC(=O)NCCc2nn[nH]n2)cc1OC. The molecule has 0 bridgehead atoms. The highest BCUT2D eigenvalue weighted by atomic mass is 16.5. The summed E-state index contributed by atoms with van der Waals surface area (Å²) < 4.78 is 10.4. The zero-order valence-corrected chi connectivity index (χ0v) is 11.9. The van der Waals surface area contributed by atoms with Crippen molar-refractivity contribution in [3.8, 4) is 11.5 Å². The number of hydrogen-bond acceptors (Lipinski definition) is 6. The molecular formula is C13H17N5O3. The lowest BCUT2D eigenvalue weighted by Crippen LogP contribution is -2.27. The van der Waals surface area contributed by atoms with E-state index in [-0.39, 0.29) is 12.3 Å². The van der Waals surface area contributed by atoms with Crippen LogP contribution in [0.2, 0.25) is 0 Å². The van der Waals surface area contributed by atoms with E-state index in [2.05, 4.69) is 25.9 Å². The summed E-state index contributed by atoms with van der Waals surface area (Å²) in [4.78, 5) is 11.8. The first-order valence-electron chi connectivity index (χ1n) is 6.43. The van der Waals surface area contributed by atoms with Crippen LogP contribution in [-0.4, -0.2) is 47.3 Å². The van der Waals surface area contributed by atoms with Gasteiger partial charge in [-0.3, -0.25) is 4.79 Å². The average molecular weight is 291 g/mol. The number of aromatic amines is 1. The largest absolute Gasteiger partial charge is 0.493 e. The summed E-state index contributed by atoms with van der Waals surface area (Å²) in [6, 6.07) is 5.40. The third kappa shape index (κ3) is 4.16. The zero-order valence-electron chi connectivity index (χ0n) is 11.9. The predicted molar refractivity (Wildman–Crippen MR) is 74.1 cm³/mol. The number of carbonyl (C=O) groups excluding carboxylic acids is 1. The molecule has 21 heavy (non-hydrogen) atoms. The number of nitrogens with zero attached hydrogens (tertiary/aromatic N) is 3. The Morgan fingerprint density at radius 1 is 1.29 bits per heavy atom. The van der Waals surface area contributed by atoms with Crippen molar-refractivity contribution in [3.63, 3.8) is 0 Å². The predicted octanol–water partition coefficient (Wildman–Crippen LogP) is 0.118. The molecule has 112 valence electrons. The smallest absolute Gasteiger partial charge is 0.224 e. The Labute approximate surface area is 121 Å². The summed E-state index contributed by atoms with van der Waals surface area (Å²) in [5.41, 5.74) is 0.852. The number of rotatable bonds is 7. The van der Waals surface area contributed by atoms with E-state index in [1.54, 1.807) is 26.4 Å². The van der Waals surface area contributed by atoms with E-state index in [9.17, 15) is 4.79 Å². The maximum Gasteiger partial charge on any atom is 0.224 e. The minimum absolute atomic E-state index is 0.0780. The highest BCUT2D eigenvalue weighted by Crippen LogP contribution is 2.27. The number of benzene rings is 1. The molecule has 0 saturated carbocycles. The van der Waals surface area contributed by atoms with Crippen LogP contribution in [0.1, 0.15) is 11.4 Å². The molecule has 1 amide bonds. The molecule has 1 heterocycles. The van der Waals surface area contributed by atoms with E-state index in [0.717, 1.165) is 5.56 Å². The highest BCUT2D eigenvalue weighted by Gasteiger charge is 2.08. The number of tetrazole rings is 1. The molecule has 0 atom stereocenters. The minimum Gasteiger partial charge on any atom is -0.493 e. The Morgan fingerprint density at radius 2 is 2.10 bits per heavy atom. The molecule has 0 aliphatic heterocycles. The minimum atomic E-state index is -0.0780. The fraction of sp³-hybridized carbons (Fsp3) is 0.385. The van der Waals surface area contributed by atoms with Crippen molar-refractivity contribution < 1.29 is 14.3 Å². The summed E-state index contributed by atoms with van der Waals surface area (Å²) in [6.45, 7) is 0.464. The molecule has 2 N–H and O–H groups in total. The molecule has 0 aliphatic carbocycles. The molecule has 0 unspecified atom stereocenters. The molecule has 0 fully saturated rings.